The molecule has 2 unspecified atom stereocenters. The number of aromatic nitrogens is 2. The van der Waals surface area contributed by atoms with Gasteiger partial charge in [-0.2, -0.15) is 0 Å². The first kappa shape index (κ1) is 29.1. The van der Waals surface area contributed by atoms with Crippen molar-refractivity contribution < 1.29 is 37.9 Å². The molecule has 1 saturated heterocycles. The van der Waals surface area contributed by atoms with Gasteiger partial charge in [-0.1, -0.05) is 34.5 Å². The quantitative estimate of drug-likeness (QED) is 0.246. The zero-order valence-corrected chi connectivity index (χ0v) is 22.7. The first-order valence-corrected chi connectivity index (χ1v) is 13.0. The summed E-state index contributed by atoms with van der Waals surface area (Å²) in [5.74, 6) is -0.941. The number of carbonyl (C=O) groups excluding carboxylic acids is 1. The van der Waals surface area contributed by atoms with Crippen LogP contribution in [0.2, 0.25) is 0 Å². The van der Waals surface area contributed by atoms with Gasteiger partial charge in [-0.15, -0.1) is 4.52 Å². The summed E-state index contributed by atoms with van der Waals surface area (Å²) in [5, 5.41) is 10.8. The van der Waals surface area contributed by atoms with E-state index in [1.807, 2.05) is 4.98 Å². The van der Waals surface area contributed by atoms with Crippen LogP contribution in [0.4, 0.5) is 4.39 Å². The molecule has 1 aromatic heterocycles. The topological polar surface area (TPSA) is 164 Å². The number of hydrogen-bond donors (Lipinski definition) is 2. The lowest BCUT2D eigenvalue weighted by molar-refractivity contribution is -0.206. The van der Waals surface area contributed by atoms with Crippen LogP contribution in [-0.2, 0) is 18.8 Å². The lowest BCUT2D eigenvalue weighted by Gasteiger charge is -2.25. The number of rotatable bonds is 9. The standard InChI is InChI=1S/C22H26BrFN3O9P/c1-11(2)15(18(30)33-4)26-37(32)36-19(34-13-7-5-12(23)6-8-13)16-17(29)22(3,24)20(35-16)27-10-9-14(28)25-21(27)31/h5-11,15-17,19-20,29H,1-4H3,(H,25,28,31)/t15-,16+,17+,19?,20+,22+/m0/s1. The van der Waals surface area contributed by atoms with Crippen molar-refractivity contribution in [1.29, 1.82) is 0 Å². The third-order valence-electron chi connectivity index (χ3n) is 5.58. The van der Waals surface area contributed by atoms with Crippen molar-refractivity contribution in [3.05, 3.63) is 61.8 Å². The first-order chi connectivity index (χ1) is 17.3. The van der Waals surface area contributed by atoms with Gasteiger partial charge in [-0.3, -0.25) is 14.3 Å². The summed E-state index contributed by atoms with van der Waals surface area (Å²) in [6.45, 7) is 4.32. The lowest BCUT2D eigenvalue weighted by Crippen LogP contribution is -2.46. The highest BCUT2D eigenvalue weighted by molar-refractivity contribution is 9.10. The van der Waals surface area contributed by atoms with Crippen molar-refractivity contribution in [2.45, 2.75) is 57.2 Å². The number of benzene rings is 1. The lowest BCUT2D eigenvalue weighted by atomic mass is 9.98. The van der Waals surface area contributed by atoms with Crippen LogP contribution in [-0.4, -0.2) is 57.9 Å². The highest BCUT2D eigenvalue weighted by Gasteiger charge is 2.59. The fraction of sp³-hybridized carbons (Fsp3) is 0.500. The number of nitrogens with zero attached hydrogens (tertiary/aromatic N) is 2. The summed E-state index contributed by atoms with van der Waals surface area (Å²) < 4.78 is 42.7. The van der Waals surface area contributed by atoms with E-state index in [-0.39, 0.29) is 11.7 Å². The molecule has 2 heterocycles. The molecule has 0 bridgehead atoms. The fourth-order valence-corrected chi connectivity index (χ4v) is 4.80. The average Bonchev–Trinajstić information content (AvgIpc) is 3.06. The maximum atomic E-state index is 15.7. The Morgan fingerprint density at radius 2 is 1.97 bits per heavy atom. The summed E-state index contributed by atoms with van der Waals surface area (Å²) >= 11 is 3.28. The van der Waals surface area contributed by atoms with E-state index >= 15 is 4.39 Å². The zero-order chi connectivity index (χ0) is 27.5. The SMILES string of the molecule is COC(=O)[C@@H](/N=[P+](\[O-])OC(Oc1ccc(Br)cc1)[C@@H]1O[C@@H](n2ccc(=O)[nH]c2=O)[C@](C)(F)[C@@H]1O)C(C)C. The highest BCUT2D eigenvalue weighted by atomic mass is 79.9. The Balaban J connectivity index is 1.98. The molecule has 1 aliphatic heterocycles. The summed E-state index contributed by atoms with van der Waals surface area (Å²) in [6.07, 6.45) is -5.95. The Bertz CT molecular complexity index is 1250. The number of ether oxygens (including phenoxy) is 3. The van der Waals surface area contributed by atoms with Gasteiger partial charge in [0.05, 0.1) is 7.11 Å². The minimum Gasteiger partial charge on any atom is -0.583 e. The highest BCUT2D eigenvalue weighted by Crippen LogP contribution is 2.43. The number of halogens is 2. The van der Waals surface area contributed by atoms with Crippen LogP contribution in [0.5, 0.6) is 5.75 Å². The van der Waals surface area contributed by atoms with Gasteiger partial charge in [0.2, 0.25) is 0 Å². The number of H-pyrrole nitrogens is 1. The monoisotopic (exact) mass is 605 g/mol. The Morgan fingerprint density at radius 1 is 1.32 bits per heavy atom. The molecule has 1 fully saturated rings. The number of hydrogen-bond acceptors (Lipinski definition) is 10. The molecule has 0 spiro atoms. The molecule has 1 aromatic carbocycles. The zero-order valence-electron chi connectivity index (χ0n) is 20.2. The van der Waals surface area contributed by atoms with Crippen molar-refractivity contribution in [3.63, 3.8) is 0 Å². The van der Waals surface area contributed by atoms with E-state index in [4.69, 9.17) is 14.0 Å². The van der Waals surface area contributed by atoms with Gasteiger partial charge in [-0.05, 0) is 37.1 Å². The molecule has 1 aliphatic rings. The number of carbonyl (C=O) groups is 1. The molecule has 37 heavy (non-hydrogen) atoms. The Hall–Kier alpha value is -2.48. The largest absolute Gasteiger partial charge is 0.583 e. The molecule has 0 radical (unpaired) electrons. The van der Waals surface area contributed by atoms with Crippen LogP contribution in [0.1, 0.15) is 27.0 Å². The van der Waals surface area contributed by atoms with Crippen molar-refractivity contribution in [2.24, 2.45) is 10.7 Å². The second-order valence-electron chi connectivity index (χ2n) is 8.68. The molecular weight excluding hydrogens is 580 g/mol. The minimum absolute atomic E-state index is 0.186. The van der Waals surface area contributed by atoms with E-state index in [9.17, 15) is 24.4 Å². The number of esters is 1. The van der Waals surface area contributed by atoms with Crippen LogP contribution in [0.3, 0.4) is 0 Å². The van der Waals surface area contributed by atoms with Gasteiger partial charge < -0.3 is 24.2 Å². The molecule has 202 valence electrons. The van der Waals surface area contributed by atoms with Gasteiger partial charge in [0.25, 0.3) is 11.8 Å². The molecule has 0 saturated carbocycles. The second-order valence-corrected chi connectivity index (χ2v) is 10.5. The Morgan fingerprint density at radius 3 is 2.54 bits per heavy atom. The van der Waals surface area contributed by atoms with E-state index in [1.54, 1.807) is 26.0 Å². The van der Waals surface area contributed by atoms with Crippen LogP contribution >= 0.6 is 24.1 Å². The predicted molar refractivity (Wildman–Crippen MR) is 130 cm³/mol. The van der Waals surface area contributed by atoms with Gasteiger partial charge in [0.15, 0.2) is 24.0 Å². The van der Waals surface area contributed by atoms with Gasteiger partial charge >= 0.3 is 19.8 Å². The number of nitrogens with one attached hydrogen (secondary N) is 1. The third kappa shape index (κ3) is 6.70. The first-order valence-electron chi connectivity index (χ1n) is 11.0. The van der Waals surface area contributed by atoms with Gasteiger partial charge in [-0.25, -0.2) is 14.0 Å². The van der Waals surface area contributed by atoms with E-state index in [0.29, 0.717) is 0 Å². The van der Waals surface area contributed by atoms with Gasteiger partial charge in [0, 0.05) is 16.7 Å². The number of aliphatic hydroxyl groups excluding tert-OH is 1. The molecular formula is C22H26BrFN3O9P. The molecule has 12 nitrogen and oxygen atoms in total. The molecule has 3 rings (SSSR count). The summed E-state index contributed by atoms with van der Waals surface area (Å²) in [7, 11) is -1.81. The third-order valence-corrected chi connectivity index (χ3v) is 6.94. The Kier molecular flexibility index (Phi) is 9.37. The summed E-state index contributed by atoms with van der Waals surface area (Å²) in [6, 6.07) is 6.18. The second kappa shape index (κ2) is 11.9. The molecule has 2 N–H and O–H groups in total. The number of alkyl halides is 1. The van der Waals surface area contributed by atoms with E-state index in [1.165, 1.54) is 12.1 Å². The van der Waals surface area contributed by atoms with Gasteiger partial charge in [0.1, 0.15) is 11.9 Å². The molecule has 2 aromatic rings. The van der Waals surface area contributed by atoms with Crippen molar-refractivity contribution in [2.75, 3.05) is 7.11 Å². The molecule has 0 amide bonds. The van der Waals surface area contributed by atoms with Crippen molar-refractivity contribution in [3.8, 4) is 5.75 Å². The molecule has 0 aliphatic carbocycles. The maximum Gasteiger partial charge on any atom is 0.346 e. The van der Waals surface area contributed by atoms with Crippen LogP contribution < -0.4 is 20.9 Å². The predicted octanol–water partition coefficient (Wildman–Crippen LogP) is 1.76. The average molecular weight is 606 g/mol. The number of aliphatic hydroxyl groups is 1. The van der Waals surface area contributed by atoms with E-state index in [2.05, 4.69) is 25.4 Å². The van der Waals surface area contributed by atoms with E-state index in [0.717, 1.165) is 35.3 Å². The van der Waals surface area contributed by atoms with Crippen molar-refractivity contribution >= 4 is 30.1 Å². The number of aromatic amines is 1. The molecule has 15 heteroatoms. The Labute approximate surface area is 220 Å². The van der Waals surface area contributed by atoms with Crippen LogP contribution in [0.15, 0.2) is 55.3 Å². The normalized spacial score (nSPS) is 25.6. The number of methoxy groups -OCH3 is 1. The summed E-state index contributed by atoms with van der Waals surface area (Å²) in [5.41, 5.74) is -4.26. The minimum atomic E-state index is -2.97. The maximum absolute atomic E-state index is 15.7. The fourth-order valence-electron chi connectivity index (χ4n) is 3.57. The summed E-state index contributed by atoms with van der Waals surface area (Å²) in [4.78, 5) is 50.6. The van der Waals surface area contributed by atoms with Crippen LogP contribution in [0, 0.1) is 5.92 Å². The smallest absolute Gasteiger partial charge is 0.346 e. The van der Waals surface area contributed by atoms with E-state index < -0.39 is 61.8 Å². The van der Waals surface area contributed by atoms with Crippen molar-refractivity contribution in [1.82, 2.24) is 9.55 Å². The molecule has 7 atom stereocenters. The van der Waals surface area contributed by atoms with Crippen LogP contribution in [0.25, 0.3) is 0 Å².